The summed E-state index contributed by atoms with van der Waals surface area (Å²) in [6.07, 6.45) is -1.88. The predicted octanol–water partition coefficient (Wildman–Crippen LogP) is 0.766. The average molecular weight is 304 g/mol. The zero-order chi connectivity index (χ0) is 12.6. The van der Waals surface area contributed by atoms with Crippen LogP contribution in [-0.4, -0.2) is 46.3 Å². The average Bonchev–Trinajstić information content (AvgIpc) is 2.62. The maximum absolute atomic E-state index is 13.3. The van der Waals surface area contributed by atoms with Gasteiger partial charge in [0.15, 0.2) is 0 Å². The molecule has 4 nitrogen and oxygen atoms in total. The summed E-state index contributed by atoms with van der Waals surface area (Å²) in [5.41, 5.74) is 0.186. The van der Waals surface area contributed by atoms with Crippen LogP contribution in [0.5, 0.6) is 0 Å². The molecule has 17 heavy (non-hydrogen) atoms. The minimum atomic E-state index is -0.939. The minimum Gasteiger partial charge on any atom is -0.388 e. The number of rotatable bonds is 1. The fourth-order valence-electron chi connectivity index (χ4n) is 1.77. The highest BCUT2D eigenvalue weighted by molar-refractivity contribution is 9.10. The van der Waals surface area contributed by atoms with Crippen LogP contribution in [0.4, 0.5) is 4.39 Å². The first-order valence-corrected chi connectivity index (χ1v) is 5.89. The number of carbonyl (C=O) groups is 1. The lowest BCUT2D eigenvalue weighted by atomic mass is 10.2. The van der Waals surface area contributed by atoms with E-state index in [4.69, 9.17) is 0 Å². The Hall–Kier alpha value is -0.980. The van der Waals surface area contributed by atoms with Crippen LogP contribution in [0.15, 0.2) is 22.7 Å². The van der Waals surface area contributed by atoms with Crippen LogP contribution in [0, 0.1) is 5.82 Å². The number of aliphatic hydroxyl groups is 2. The molecule has 1 aliphatic heterocycles. The molecular weight excluding hydrogens is 293 g/mol. The van der Waals surface area contributed by atoms with Crippen molar-refractivity contribution in [3.8, 4) is 0 Å². The Kier molecular flexibility index (Phi) is 3.46. The summed E-state index contributed by atoms with van der Waals surface area (Å²) in [6, 6.07) is 4.18. The van der Waals surface area contributed by atoms with Gasteiger partial charge >= 0.3 is 0 Å². The van der Waals surface area contributed by atoms with Gasteiger partial charge in [0, 0.05) is 13.1 Å². The van der Waals surface area contributed by atoms with E-state index in [-0.39, 0.29) is 23.1 Å². The Balaban J connectivity index is 2.24. The van der Waals surface area contributed by atoms with Crippen LogP contribution in [0.1, 0.15) is 10.4 Å². The number of carbonyl (C=O) groups excluding carboxylic acids is 1. The number of hydrogen-bond acceptors (Lipinski definition) is 3. The van der Waals surface area contributed by atoms with E-state index in [1.165, 1.54) is 23.1 Å². The first-order chi connectivity index (χ1) is 8.00. The lowest BCUT2D eigenvalue weighted by molar-refractivity contribution is 0.0572. The van der Waals surface area contributed by atoms with Crippen molar-refractivity contribution < 1.29 is 19.4 Å². The Morgan fingerprint density at radius 1 is 1.35 bits per heavy atom. The number of amides is 1. The van der Waals surface area contributed by atoms with Crippen molar-refractivity contribution in [2.75, 3.05) is 13.1 Å². The second-order valence-electron chi connectivity index (χ2n) is 3.95. The molecule has 1 aromatic carbocycles. The first-order valence-electron chi connectivity index (χ1n) is 5.10. The quantitative estimate of drug-likeness (QED) is 0.805. The number of hydrogen-bond donors (Lipinski definition) is 2. The van der Waals surface area contributed by atoms with Gasteiger partial charge in [0.1, 0.15) is 5.82 Å². The molecule has 0 saturated carbocycles. The smallest absolute Gasteiger partial charge is 0.255 e. The molecule has 1 fully saturated rings. The molecule has 2 N–H and O–H groups in total. The summed E-state index contributed by atoms with van der Waals surface area (Å²) in [7, 11) is 0. The molecule has 2 rings (SSSR count). The van der Waals surface area contributed by atoms with Crippen molar-refractivity contribution in [2.24, 2.45) is 0 Å². The van der Waals surface area contributed by atoms with E-state index in [0.29, 0.717) is 0 Å². The van der Waals surface area contributed by atoms with Crippen LogP contribution in [0.3, 0.4) is 0 Å². The van der Waals surface area contributed by atoms with Gasteiger partial charge in [-0.2, -0.15) is 0 Å². The highest BCUT2D eigenvalue weighted by Gasteiger charge is 2.33. The minimum absolute atomic E-state index is 0.0585. The van der Waals surface area contributed by atoms with E-state index in [9.17, 15) is 19.4 Å². The number of nitrogens with zero attached hydrogens (tertiary/aromatic N) is 1. The first kappa shape index (κ1) is 12.5. The van der Waals surface area contributed by atoms with Gasteiger partial charge in [-0.25, -0.2) is 4.39 Å². The lowest BCUT2D eigenvalue weighted by Gasteiger charge is -2.16. The zero-order valence-corrected chi connectivity index (χ0v) is 10.4. The maximum Gasteiger partial charge on any atom is 0.255 e. The van der Waals surface area contributed by atoms with Crippen LogP contribution < -0.4 is 0 Å². The summed E-state index contributed by atoms with van der Waals surface area (Å²) >= 11 is 3.01. The summed E-state index contributed by atoms with van der Waals surface area (Å²) in [5.74, 6) is -0.928. The van der Waals surface area contributed by atoms with Crippen molar-refractivity contribution >= 4 is 21.8 Å². The van der Waals surface area contributed by atoms with Gasteiger partial charge in [-0.15, -0.1) is 0 Å². The van der Waals surface area contributed by atoms with Crippen molar-refractivity contribution in [3.63, 3.8) is 0 Å². The molecule has 0 radical (unpaired) electrons. The molecule has 0 aromatic heterocycles. The van der Waals surface area contributed by atoms with Crippen LogP contribution >= 0.6 is 15.9 Å². The van der Waals surface area contributed by atoms with Crippen molar-refractivity contribution in [1.29, 1.82) is 0 Å². The number of aliphatic hydroxyl groups excluding tert-OH is 2. The molecular formula is C11H11BrFNO3. The topological polar surface area (TPSA) is 60.8 Å². The summed E-state index contributed by atoms with van der Waals surface area (Å²) in [4.78, 5) is 13.3. The van der Waals surface area contributed by atoms with Crippen molar-refractivity contribution in [3.05, 3.63) is 34.1 Å². The number of benzene rings is 1. The zero-order valence-electron chi connectivity index (χ0n) is 8.81. The molecule has 1 heterocycles. The second kappa shape index (κ2) is 4.72. The molecule has 1 aliphatic rings. The van der Waals surface area contributed by atoms with E-state index in [2.05, 4.69) is 15.9 Å². The molecule has 1 amide bonds. The monoisotopic (exact) mass is 303 g/mol. The number of β-amino-alcohol motifs (C(OH)–C–C–N with tert-alkyl or cyclic N) is 2. The molecule has 0 spiro atoms. The third-order valence-corrected chi connectivity index (χ3v) is 3.53. The van der Waals surface area contributed by atoms with Gasteiger partial charge in [0.2, 0.25) is 0 Å². The van der Waals surface area contributed by atoms with Gasteiger partial charge < -0.3 is 15.1 Å². The highest BCUT2D eigenvalue weighted by Crippen LogP contribution is 2.23. The number of halogens is 2. The molecule has 6 heteroatoms. The van der Waals surface area contributed by atoms with Gasteiger partial charge in [-0.05, 0) is 28.1 Å². The Morgan fingerprint density at radius 3 is 2.53 bits per heavy atom. The normalized spacial score (nSPS) is 24.1. The van der Waals surface area contributed by atoms with E-state index >= 15 is 0 Å². The fraction of sp³-hybridized carbons (Fsp3) is 0.364. The molecule has 2 unspecified atom stereocenters. The molecule has 2 atom stereocenters. The standard InChI is InChI=1S/C11H11BrFNO3/c12-10-6(2-1-3-7(10)13)11(17)14-4-8(15)9(16)5-14/h1-3,8-9,15-16H,4-5H2. The van der Waals surface area contributed by atoms with Crippen molar-refractivity contribution in [1.82, 2.24) is 4.90 Å². The SMILES string of the molecule is O=C(c1cccc(F)c1Br)N1CC(O)C(O)C1. The molecule has 0 aliphatic carbocycles. The molecule has 0 bridgehead atoms. The third-order valence-electron chi connectivity index (χ3n) is 2.73. The molecule has 1 saturated heterocycles. The summed E-state index contributed by atoms with van der Waals surface area (Å²) in [5, 5.41) is 18.7. The fourth-order valence-corrected chi connectivity index (χ4v) is 2.21. The van der Waals surface area contributed by atoms with Gasteiger partial charge in [-0.1, -0.05) is 6.07 Å². The van der Waals surface area contributed by atoms with E-state index in [1.807, 2.05) is 0 Å². The highest BCUT2D eigenvalue weighted by atomic mass is 79.9. The van der Waals surface area contributed by atoms with Crippen molar-refractivity contribution in [2.45, 2.75) is 12.2 Å². The van der Waals surface area contributed by atoms with Gasteiger partial charge in [0.05, 0.1) is 22.2 Å². The van der Waals surface area contributed by atoms with E-state index in [0.717, 1.165) is 0 Å². The molecule has 1 aromatic rings. The summed E-state index contributed by atoms with van der Waals surface area (Å²) in [6.45, 7) is 0.117. The van der Waals surface area contributed by atoms with E-state index < -0.39 is 23.9 Å². The number of likely N-dealkylation sites (tertiary alicyclic amines) is 1. The molecule has 92 valence electrons. The van der Waals surface area contributed by atoms with Crippen LogP contribution in [0.2, 0.25) is 0 Å². The Labute approximate surface area is 106 Å². The maximum atomic E-state index is 13.3. The van der Waals surface area contributed by atoms with Gasteiger partial charge in [-0.3, -0.25) is 4.79 Å². The van der Waals surface area contributed by atoms with Crippen LogP contribution in [0.25, 0.3) is 0 Å². The third kappa shape index (κ3) is 2.34. The largest absolute Gasteiger partial charge is 0.388 e. The second-order valence-corrected chi connectivity index (χ2v) is 4.74. The predicted molar refractivity (Wildman–Crippen MR) is 62.0 cm³/mol. The van der Waals surface area contributed by atoms with Crippen LogP contribution in [-0.2, 0) is 0 Å². The Morgan fingerprint density at radius 2 is 1.94 bits per heavy atom. The Bertz CT molecular complexity index is 444. The van der Waals surface area contributed by atoms with Gasteiger partial charge in [0.25, 0.3) is 5.91 Å². The van der Waals surface area contributed by atoms with E-state index in [1.54, 1.807) is 0 Å². The lowest BCUT2D eigenvalue weighted by Crippen LogP contribution is -2.30. The summed E-state index contributed by atoms with van der Waals surface area (Å²) < 4.78 is 13.4.